The molecular formula is C10H7ClN4OS. The summed E-state index contributed by atoms with van der Waals surface area (Å²) in [6, 6.07) is 1.89. The molecule has 0 atom stereocenters. The van der Waals surface area contributed by atoms with E-state index in [1.165, 1.54) is 11.3 Å². The van der Waals surface area contributed by atoms with Crippen LogP contribution in [0, 0.1) is 0 Å². The second kappa shape index (κ2) is 3.97. The van der Waals surface area contributed by atoms with Crippen molar-refractivity contribution >= 4 is 28.6 Å². The highest BCUT2D eigenvalue weighted by Crippen LogP contribution is 2.34. The number of ether oxygens (including phenoxy) is 1. The molecule has 3 aromatic heterocycles. The monoisotopic (exact) mass is 266 g/mol. The zero-order valence-corrected chi connectivity index (χ0v) is 10.4. The Hall–Kier alpha value is -1.66. The summed E-state index contributed by atoms with van der Waals surface area (Å²) in [4.78, 5) is 4.86. The molecule has 0 saturated heterocycles. The summed E-state index contributed by atoms with van der Waals surface area (Å²) in [5.74, 6) is 1.43. The molecule has 7 heteroatoms. The normalized spacial score (nSPS) is 10.9. The van der Waals surface area contributed by atoms with Gasteiger partial charge in [0.05, 0.1) is 19.5 Å². The van der Waals surface area contributed by atoms with Crippen molar-refractivity contribution in [2.75, 3.05) is 7.11 Å². The van der Waals surface area contributed by atoms with Gasteiger partial charge in [0.1, 0.15) is 15.8 Å². The zero-order valence-electron chi connectivity index (χ0n) is 8.79. The van der Waals surface area contributed by atoms with E-state index in [2.05, 4.69) is 15.2 Å². The minimum atomic E-state index is 0.470. The predicted octanol–water partition coefficient (Wildman–Crippen LogP) is 2.51. The lowest BCUT2D eigenvalue weighted by atomic mass is 10.4. The maximum Gasteiger partial charge on any atom is 0.183 e. The van der Waals surface area contributed by atoms with Crippen LogP contribution < -0.4 is 4.74 Å². The molecular weight excluding hydrogens is 260 g/mol. The summed E-state index contributed by atoms with van der Waals surface area (Å²) in [7, 11) is 1.62. The van der Waals surface area contributed by atoms with E-state index >= 15 is 0 Å². The number of hydrogen-bond donors (Lipinski definition) is 0. The summed E-state index contributed by atoms with van der Waals surface area (Å²) < 4.78 is 7.01. The van der Waals surface area contributed by atoms with Gasteiger partial charge in [-0.1, -0.05) is 11.6 Å². The lowest BCUT2D eigenvalue weighted by Crippen LogP contribution is -1.92. The van der Waals surface area contributed by atoms with Gasteiger partial charge in [0, 0.05) is 0 Å². The van der Waals surface area contributed by atoms with E-state index in [1.54, 1.807) is 23.9 Å². The molecule has 5 nitrogen and oxygen atoms in total. The summed E-state index contributed by atoms with van der Waals surface area (Å²) in [5, 5.41) is 10.6. The Morgan fingerprint density at radius 3 is 3.06 bits per heavy atom. The van der Waals surface area contributed by atoms with E-state index in [0.717, 1.165) is 10.6 Å². The van der Waals surface area contributed by atoms with E-state index in [4.69, 9.17) is 16.3 Å². The molecule has 3 aromatic rings. The van der Waals surface area contributed by atoms with Crippen molar-refractivity contribution in [3.8, 4) is 16.5 Å². The molecule has 17 heavy (non-hydrogen) atoms. The lowest BCUT2D eigenvalue weighted by molar-refractivity contribution is 0.418. The first-order valence-corrected chi connectivity index (χ1v) is 6.03. The van der Waals surface area contributed by atoms with Crippen LogP contribution in [0.2, 0.25) is 5.15 Å². The molecule has 0 N–H and O–H groups in total. The van der Waals surface area contributed by atoms with Crippen molar-refractivity contribution < 1.29 is 4.74 Å². The predicted molar refractivity (Wildman–Crippen MR) is 65.7 cm³/mol. The van der Waals surface area contributed by atoms with Crippen LogP contribution in [-0.2, 0) is 0 Å². The van der Waals surface area contributed by atoms with Crippen molar-refractivity contribution in [2.45, 2.75) is 0 Å². The largest absolute Gasteiger partial charge is 0.495 e. The Balaban J connectivity index is 2.31. The Kier molecular flexibility index (Phi) is 2.45. The maximum absolute atomic E-state index is 6.10. The van der Waals surface area contributed by atoms with Gasteiger partial charge < -0.3 is 4.74 Å². The minimum absolute atomic E-state index is 0.470. The molecule has 0 aliphatic heterocycles. The van der Waals surface area contributed by atoms with Crippen LogP contribution in [0.4, 0.5) is 0 Å². The van der Waals surface area contributed by atoms with Crippen LogP contribution in [0.5, 0.6) is 5.75 Å². The van der Waals surface area contributed by atoms with Gasteiger partial charge in [-0.25, -0.2) is 0 Å². The smallest absolute Gasteiger partial charge is 0.183 e. The number of rotatable bonds is 2. The van der Waals surface area contributed by atoms with Crippen LogP contribution in [-0.4, -0.2) is 26.7 Å². The quantitative estimate of drug-likeness (QED) is 0.715. The fourth-order valence-corrected chi connectivity index (χ4v) is 2.64. The summed E-state index contributed by atoms with van der Waals surface area (Å²) in [6.45, 7) is 0. The van der Waals surface area contributed by atoms with Crippen LogP contribution in [0.15, 0.2) is 23.8 Å². The van der Waals surface area contributed by atoms with Crippen molar-refractivity contribution in [2.24, 2.45) is 0 Å². The van der Waals surface area contributed by atoms with Crippen LogP contribution in [0.25, 0.3) is 16.3 Å². The third-order valence-corrected chi connectivity index (χ3v) is 3.48. The van der Waals surface area contributed by atoms with Crippen LogP contribution >= 0.6 is 22.9 Å². The van der Waals surface area contributed by atoms with Crippen molar-refractivity contribution in [1.29, 1.82) is 0 Å². The van der Waals surface area contributed by atoms with Gasteiger partial charge in [0.2, 0.25) is 0 Å². The SMILES string of the molecule is COc1ccsc1-c1nnc2cncc(Cl)n12. The second-order valence-electron chi connectivity index (χ2n) is 3.27. The molecule has 3 heterocycles. The first kappa shape index (κ1) is 10.5. The molecule has 86 valence electrons. The molecule has 0 aromatic carbocycles. The Labute approximate surface area is 106 Å². The zero-order chi connectivity index (χ0) is 11.8. The fraction of sp³-hybridized carbons (Fsp3) is 0.100. The van der Waals surface area contributed by atoms with E-state index in [9.17, 15) is 0 Å². The summed E-state index contributed by atoms with van der Waals surface area (Å²) >= 11 is 7.63. The fourth-order valence-electron chi connectivity index (χ4n) is 1.58. The minimum Gasteiger partial charge on any atom is -0.495 e. The van der Waals surface area contributed by atoms with E-state index in [0.29, 0.717) is 16.6 Å². The first-order valence-electron chi connectivity index (χ1n) is 4.77. The highest BCUT2D eigenvalue weighted by Gasteiger charge is 2.16. The first-order chi connectivity index (χ1) is 8.31. The molecule has 0 amide bonds. The molecule has 0 saturated carbocycles. The number of thiophene rings is 1. The second-order valence-corrected chi connectivity index (χ2v) is 4.57. The van der Waals surface area contributed by atoms with E-state index in [-0.39, 0.29) is 0 Å². The number of halogens is 1. The van der Waals surface area contributed by atoms with E-state index < -0.39 is 0 Å². The summed E-state index contributed by atoms with van der Waals surface area (Å²) in [6.07, 6.45) is 3.17. The molecule has 0 fully saturated rings. The van der Waals surface area contributed by atoms with Gasteiger partial charge in [-0.05, 0) is 11.4 Å². The number of methoxy groups -OCH3 is 1. The Bertz CT molecular complexity index is 678. The standard InChI is InChI=1S/C10H7ClN4OS/c1-16-6-2-3-17-9(6)10-14-13-8-5-12-4-7(11)15(8)10/h2-5H,1H3. The van der Waals surface area contributed by atoms with Gasteiger partial charge in [-0.15, -0.1) is 21.5 Å². The summed E-state index contributed by atoms with van der Waals surface area (Å²) in [5.41, 5.74) is 0.614. The molecule has 0 radical (unpaired) electrons. The molecule has 0 spiro atoms. The van der Waals surface area contributed by atoms with Gasteiger partial charge in [-0.2, -0.15) is 0 Å². The third-order valence-electron chi connectivity index (χ3n) is 2.32. The Morgan fingerprint density at radius 1 is 1.35 bits per heavy atom. The molecule has 0 unspecified atom stereocenters. The van der Waals surface area contributed by atoms with Gasteiger partial charge in [0.25, 0.3) is 0 Å². The Morgan fingerprint density at radius 2 is 2.24 bits per heavy atom. The highest BCUT2D eigenvalue weighted by atomic mass is 35.5. The molecule has 0 bridgehead atoms. The van der Waals surface area contributed by atoms with Crippen molar-refractivity contribution in [3.05, 3.63) is 29.0 Å². The van der Waals surface area contributed by atoms with Crippen molar-refractivity contribution in [1.82, 2.24) is 19.6 Å². The van der Waals surface area contributed by atoms with Gasteiger partial charge in [0.15, 0.2) is 11.5 Å². The number of nitrogens with zero attached hydrogens (tertiary/aromatic N) is 4. The maximum atomic E-state index is 6.10. The van der Waals surface area contributed by atoms with Crippen LogP contribution in [0.3, 0.4) is 0 Å². The number of fused-ring (bicyclic) bond motifs is 1. The highest BCUT2D eigenvalue weighted by molar-refractivity contribution is 7.13. The van der Waals surface area contributed by atoms with Crippen molar-refractivity contribution in [3.63, 3.8) is 0 Å². The van der Waals surface area contributed by atoms with Crippen LogP contribution in [0.1, 0.15) is 0 Å². The third kappa shape index (κ3) is 1.57. The number of hydrogen-bond acceptors (Lipinski definition) is 5. The number of aromatic nitrogens is 4. The average molecular weight is 267 g/mol. The van der Waals surface area contributed by atoms with Gasteiger partial charge >= 0.3 is 0 Å². The molecule has 0 aliphatic carbocycles. The molecule has 0 aliphatic rings. The average Bonchev–Trinajstić information content (AvgIpc) is 2.94. The van der Waals surface area contributed by atoms with Gasteiger partial charge in [-0.3, -0.25) is 9.38 Å². The molecule has 3 rings (SSSR count). The van der Waals surface area contributed by atoms with E-state index in [1.807, 2.05) is 11.4 Å². The topological polar surface area (TPSA) is 52.3 Å². The lowest BCUT2D eigenvalue weighted by Gasteiger charge is -2.02.